The lowest BCUT2D eigenvalue weighted by molar-refractivity contribution is -0.143. The Morgan fingerprint density at radius 3 is 2.00 bits per heavy atom. The summed E-state index contributed by atoms with van der Waals surface area (Å²) in [6, 6.07) is 24.9. The van der Waals surface area contributed by atoms with Crippen LogP contribution in [0.1, 0.15) is 35.4 Å². The number of ether oxygens (including phenoxy) is 1. The largest absolute Gasteiger partial charge is 0.497 e. The van der Waals surface area contributed by atoms with Gasteiger partial charge in [-0.05, 0) is 41.7 Å². The van der Waals surface area contributed by atoms with Crippen LogP contribution in [-0.4, -0.2) is 60.0 Å². The van der Waals surface area contributed by atoms with Crippen molar-refractivity contribution in [1.82, 2.24) is 10.2 Å². The number of nitrogens with zero attached hydrogens (tertiary/aromatic N) is 2. The number of carboxylic acids is 1. The highest BCUT2D eigenvalue weighted by atomic mass is 16.5. The SMILES string of the molecule is COc1ccc(CN(C(=O)C(c2ccccc2)c2ccccc2)[C@@H](CCCN=C(N)N)C(=O)NCC(=O)O)cc1. The third-order valence-electron chi connectivity index (χ3n) is 6.33. The molecule has 1 atom stereocenters. The van der Waals surface area contributed by atoms with Gasteiger partial charge in [0.25, 0.3) is 0 Å². The minimum Gasteiger partial charge on any atom is -0.497 e. The third kappa shape index (κ3) is 8.59. The zero-order valence-electron chi connectivity index (χ0n) is 22.4. The molecule has 0 spiro atoms. The molecule has 3 aromatic rings. The minimum atomic E-state index is -1.19. The van der Waals surface area contributed by atoms with Crippen LogP contribution in [-0.2, 0) is 20.9 Å². The standard InChI is InChI=1S/C30H35N5O5/c1-40-24-16-14-21(15-17-24)20-35(25(13-8-18-33-30(31)32)28(38)34-19-26(36)37)29(39)27(22-9-4-2-5-10-22)23-11-6-3-7-12-23/h2-7,9-12,14-17,25,27H,8,13,18-20H2,1H3,(H,34,38)(H,36,37)(H4,31,32,33)/t25-/m0/s1. The second-order valence-electron chi connectivity index (χ2n) is 9.14. The molecule has 6 N–H and O–H groups in total. The highest BCUT2D eigenvalue weighted by Gasteiger charge is 2.35. The monoisotopic (exact) mass is 545 g/mol. The van der Waals surface area contributed by atoms with Gasteiger partial charge in [0, 0.05) is 13.1 Å². The van der Waals surface area contributed by atoms with Crippen molar-refractivity contribution in [3.05, 3.63) is 102 Å². The number of aliphatic imine (C=N–C) groups is 1. The van der Waals surface area contributed by atoms with E-state index in [2.05, 4.69) is 10.3 Å². The van der Waals surface area contributed by atoms with E-state index >= 15 is 0 Å². The van der Waals surface area contributed by atoms with Crippen LogP contribution in [0.25, 0.3) is 0 Å². The van der Waals surface area contributed by atoms with Gasteiger partial charge < -0.3 is 31.5 Å². The molecule has 3 aromatic carbocycles. The first-order valence-corrected chi connectivity index (χ1v) is 12.9. The quantitative estimate of drug-likeness (QED) is 0.137. The maximum atomic E-state index is 14.5. The number of benzene rings is 3. The molecule has 40 heavy (non-hydrogen) atoms. The van der Waals surface area contributed by atoms with Crippen LogP contribution >= 0.6 is 0 Å². The average Bonchev–Trinajstić information content (AvgIpc) is 2.96. The predicted molar refractivity (Wildman–Crippen MR) is 153 cm³/mol. The van der Waals surface area contributed by atoms with Crippen molar-refractivity contribution < 1.29 is 24.2 Å². The summed E-state index contributed by atoms with van der Waals surface area (Å²) in [6.45, 7) is -0.225. The molecule has 0 heterocycles. The number of hydrogen-bond donors (Lipinski definition) is 4. The highest BCUT2D eigenvalue weighted by molar-refractivity contribution is 5.93. The molecule has 2 amide bonds. The van der Waals surface area contributed by atoms with Gasteiger partial charge in [0.15, 0.2) is 5.96 Å². The number of hydrogen-bond acceptors (Lipinski definition) is 5. The van der Waals surface area contributed by atoms with Crippen LogP contribution in [0, 0.1) is 0 Å². The Bertz CT molecular complexity index is 1240. The molecule has 210 valence electrons. The molecule has 0 bridgehead atoms. The van der Waals surface area contributed by atoms with E-state index in [0.717, 1.165) is 16.7 Å². The second kappa shape index (κ2) is 14.9. The Balaban J connectivity index is 2.07. The van der Waals surface area contributed by atoms with Crippen molar-refractivity contribution in [2.45, 2.75) is 31.3 Å². The summed E-state index contributed by atoms with van der Waals surface area (Å²) in [5.41, 5.74) is 13.2. The summed E-state index contributed by atoms with van der Waals surface area (Å²) in [5.74, 6) is -2.19. The number of amides is 2. The van der Waals surface area contributed by atoms with Gasteiger partial charge in [-0.15, -0.1) is 0 Å². The minimum absolute atomic E-state index is 0.0775. The number of methoxy groups -OCH3 is 1. The van der Waals surface area contributed by atoms with E-state index in [1.54, 1.807) is 19.2 Å². The van der Waals surface area contributed by atoms with E-state index < -0.39 is 30.4 Å². The van der Waals surface area contributed by atoms with Crippen molar-refractivity contribution in [2.75, 3.05) is 20.2 Å². The Labute approximate surface area is 233 Å². The van der Waals surface area contributed by atoms with Gasteiger partial charge in [-0.2, -0.15) is 0 Å². The lowest BCUT2D eigenvalue weighted by Crippen LogP contribution is -2.51. The summed E-state index contributed by atoms with van der Waals surface area (Å²) >= 11 is 0. The molecule has 0 aliphatic carbocycles. The molecule has 0 aromatic heterocycles. The van der Waals surface area contributed by atoms with E-state index in [0.29, 0.717) is 12.2 Å². The second-order valence-corrected chi connectivity index (χ2v) is 9.14. The Morgan fingerprint density at radius 1 is 0.925 bits per heavy atom. The first-order valence-electron chi connectivity index (χ1n) is 12.9. The van der Waals surface area contributed by atoms with Crippen LogP contribution in [0.5, 0.6) is 5.75 Å². The van der Waals surface area contributed by atoms with Gasteiger partial charge in [0.2, 0.25) is 11.8 Å². The van der Waals surface area contributed by atoms with E-state index in [9.17, 15) is 19.5 Å². The summed E-state index contributed by atoms with van der Waals surface area (Å²) in [7, 11) is 1.56. The van der Waals surface area contributed by atoms with Gasteiger partial charge in [0.05, 0.1) is 13.0 Å². The van der Waals surface area contributed by atoms with Crippen LogP contribution < -0.4 is 21.5 Å². The van der Waals surface area contributed by atoms with Crippen molar-refractivity contribution in [1.29, 1.82) is 0 Å². The fraction of sp³-hybridized carbons (Fsp3) is 0.267. The topological polar surface area (TPSA) is 160 Å². The number of aliphatic carboxylic acids is 1. The molecule has 0 saturated heterocycles. The Kier molecular flexibility index (Phi) is 11.1. The van der Waals surface area contributed by atoms with E-state index in [1.807, 2.05) is 72.8 Å². The third-order valence-corrected chi connectivity index (χ3v) is 6.33. The first-order chi connectivity index (χ1) is 19.3. The van der Waals surface area contributed by atoms with Gasteiger partial charge >= 0.3 is 5.97 Å². The molecule has 0 saturated carbocycles. The number of nitrogens with two attached hydrogens (primary N) is 2. The van der Waals surface area contributed by atoms with E-state index in [1.165, 1.54) is 4.90 Å². The smallest absolute Gasteiger partial charge is 0.322 e. The Morgan fingerprint density at radius 2 is 1.50 bits per heavy atom. The van der Waals surface area contributed by atoms with Crippen molar-refractivity contribution in [2.24, 2.45) is 16.5 Å². The molecule has 10 heteroatoms. The van der Waals surface area contributed by atoms with Crippen molar-refractivity contribution in [3.8, 4) is 5.75 Å². The van der Waals surface area contributed by atoms with Crippen LogP contribution in [0.3, 0.4) is 0 Å². The molecule has 0 aliphatic heterocycles. The van der Waals surface area contributed by atoms with Crippen LogP contribution in [0.2, 0.25) is 0 Å². The van der Waals surface area contributed by atoms with E-state index in [4.69, 9.17) is 16.2 Å². The van der Waals surface area contributed by atoms with Crippen molar-refractivity contribution in [3.63, 3.8) is 0 Å². The van der Waals surface area contributed by atoms with Gasteiger partial charge in [-0.25, -0.2) is 0 Å². The number of rotatable bonds is 14. The average molecular weight is 546 g/mol. The van der Waals surface area contributed by atoms with Crippen LogP contribution in [0.15, 0.2) is 89.9 Å². The summed E-state index contributed by atoms with van der Waals surface area (Å²) in [5, 5.41) is 11.6. The van der Waals surface area contributed by atoms with E-state index in [-0.39, 0.29) is 31.4 Å². The van der Waals surface area contributed by atoms with Gasteiger partial charge in [-0.1, -0.05) is 72.8 Å². The predicted octanol–water partition coefficient (Wildman–Crippen LogP) is 2.48. The summed E-state index contributed by atoms with van der Waals surface area (Å²) < 4.78 is 5.27. The molecule has 0 aliphatic rings. The number of carbonyl (C=O) groups excluding carboxylic acids is 2. The maximum absolute atomic E-state index is 14.5. The fourth-order valence-electron chi connectivity index (χ4n) is 4.41. The molecule has 10 nitrogen and oxygen atoms in total. The number of carboxylic acid groups (broad SMARTS) is 1. The fourth-order valence-corrected chi connectivity index (χ4v) is 4.41. The van der Waals surface area contributed by atoms with Crippen LogP contribution in [0.4, 0.5) is 0 Å². The normalized spacial score (nSPS) is 11.3. The summed E-state index contributed by atoms with van der Waals surface area (Å²) in [4.78, 5) is 44.7. The zero-order valence-corrected chi connectivity index (χ0v) is 22.4. The molecular formula is C30H35N5O5. The molecule has 0 radical (unpaired) electrons. The maximum Gasteiger partial charge on any atom is 0.322 e. The molecule has 0 fully saturated rings. The lowest BCUT2D eigenvalue weighted by Gasteiger charge is -2.34. The molecule has 0 unspecified atom stereocenters. The van der Waals surface area contributed by atoms with Crippen molar-refractivity contribution >= 4 is 23.7 Å². The summed E-state index contributed by atoms with van der Waals surface area (Å²) in [6.07, 6.45) is 0.594. The zero-order chi connectivity index (χ0) is 28.9. The number of nitrogens with one attached hydrogen (secondary N) is 1. The van der Waals surface area contributed by atoms with Gasteiger partial charge in [-0.3, -0.25) is 19.4 Å². The Hall–Kier alpha value is -4.86. The molecular weight excluding hydrogens is 510 g/mol. The lowest BCUT2D eigenvalue weighted by atomic mass is 9.89. The van der Waals surface area contributed by atoms with Gasteiger partial charge in [0.1, 0.15) is 18.3 Å². The highest BCUT2D eigenvalue weighted by Crippen LogP contribution is 2.29. The first kappa shape index (κ1) is 29.7. The number of guanidine groups is 1. The molecule has 3 rings (SSSR count). The number of carbonyl (C=O) groups is 3.